The number of hydrogen-bond acceptors (Lipinski definition) is 15. The standard InChI is InChI=1S/C69H134O17P2/c1-7-9-11-13-15-16-17-21-25-28-34-40-46-52-67(72)80-58-65(85-68(73)53-47-41-35-29-26-23-20-18-19-22-24-27-32-37-43-49-61(3)4)60-84-88(77,78)82-56-63(70)55-81-87(75,76)83-59-64(57-79-66(71)51-45-39-31-14-12-10-8-2)86-69(74)54-48-42-36-30-33-38-44-50-62(5)6/h61-65,70H,7-60H2,1-6H3,(H,75,76)(H,77,78)/t63-,64+,65+/m0/s1. The fourth-order valence-corrected chi connectivity index (χ4v) is 12.0. The first kappa shape index (κ1) is 86.1. The molecule has 0 aromatic carbocycles. The number of unbranched alkanes of at least 4 members (excludes halogenated alkanes) is 38. The van der Waals surface area contributed by atoms with Gasteiger partial charge in [-0.15, -0.1) is 0 Å². The van der Waals surface area contributed by atoms with Gasteiger partial charge in [0.1, 0.15) is 19.3 Å². The number of hydrogen-bond donors (Lipinski definition) is 3. The largest absolute Gasteiger partial charge is 0.472 e. The molecule has 0 saturated heterocycles. The third kappa shape index (κ3) is 62.8. The monoisotopic (exact) mass is 1300 g/mol. The van der Waals surface area contributed by atoms with Gasteiger partial charge >= 0.3 is 39.5 Å². The van der Waals surface area contributed by atoms with Crippen molar-refractivity contribution in [2.75, 3.05) is 39.6 Å². The molecule has 0 rings (SSSR count). The summed E-state index contributed by atoms with van der Waals surface area (Å²) in [6, 6.07) is 0. The summed E-state index contributed by atoms with van der Waals surface area (Å²) in [7, 11) is -9.89. The summed E-state index contributed by atoms with van der Waals surface area (Å²) in [6.45, 7) is 9.46. The molecular formula is C69H134O17P2. The van der Waals surface area contributed by atoms with Gasteiger partial charge in [0.05, 0.1) is 26.4 Å². The molecule has 0 aromatic heterocycles. The number of ether oxygens (including phenoxy) is 4. The SMILES string of the molecule is CCCCCCCCCCCCCCCC(=O)OC[C@H](COP(=O)(O)OC[C@@H](O)COP(=O)(O)OC[C@@H](COC(=O)CCCCCCCCC)OC(=O)CCCCCCCCCC(C)C)OC(=O)CCCCCCCCCCCCCCCCCC(C)C. The fourth-order valence-electron chi connectivity index (χ4n) is 10.4. The second-order valence-corrected chi connectivity index (χ2v) is 28.8. The number of rotatable bonds is 68. The Labute approximate surface area is 537 Å². The Morgan fingerprint density at radius 2 is 0.523 bits per heavy atom. The molecule has 19 heteroatoms. The van der Waals surface area contributed by atoms with Crippen LogP contribution >= 0.6 is 15.6 Å². The summed E-state index contributed by atoms with van der Waals surface area (Å²) in [5.74, 6) is -0.633. The maximum absolute atomic E-state index is 13.0. The Morgan fingerprint density at radius 3 is 0.773 bits per heavy atom. The zero-order chi connectivity index (χ0) is 65.0. The molecule has 0 aliphatic carbocycles. The van der Waals surface area contributed by atoms with Crippen molar-refractivity contribution >= 4 is 39.5 Å². The topological polar surface area (TPSA) is 237 Å². The van der Waals surface area contributed by atoms with E-state index in [0.717, 1.165) is 109 Å². The van der Waals surface area contributed by atoms with Crippen molar-refractivity contribution in [3.05, 3.63) is 0 Å². The van der Waals surface area contributed by atoms with Crippen molar-refractivity contribution in [1.82, 2.24) is 0 Å². The van der Waals surface area contributed by atoms with Gasteiger partial charge in [-0.3, -0.25) is 37.3 Å². The average Bonchev–Trinajstić information content (AvgIpc) is 3.67. The number of phosphoric ester groups is 2. The number of phosphoric acid groups is 2. The van der Waals surface area contributed by atoms with Crippen LogP contribution in [0.1, 0.15) is 350 Å². The predicted octanol–water partition coefficient (Wildman–Crippen LogP) is 19.6. The molecule has 3 N–H and O–H groups in total. The van der Waals surface area contributed by atoms with Crippen molar-refractivity contribution < 1.29 is 80.2 Å². The van der Waals surface area contributed by atoms with E-state index in [1.54, 1.807) is 0 Å². The molecule has 0 bridgehead atoms. The van der Waals surface area contributed by atoms with Crippen LogP contribution in [0.4, 0.5) is 0 Å². The predicted molar refractivity (Wildman–Crippen MR) is 354 cm³/mol. The van der Waals surface area contributed by atoms with Crippen molar-refractivity contribution in [2.45, 2.75) is 368 Å². The van der Waals surface area contributed by atoms with Crippen LogP contribution in [0, 0.1) is 11.8 Å². The molecule has 0 aliphatic heterocycles. The molecule has 0 spiro atoms. The summed E-state index contributed by atoms with van der Waals surface area (Å²) in [5.41, 5.74) is 0. The molecule has 0 amide bonds. The second-order valence-electron chi connectivity index (χ2n) is 25.9. The highest BCUT2D eigenvalue weighted by Crippen LogP contribution is 2.45. The van der Waals surface area contributed by atoms with E-state index in [9.17, 15) is 43.2 Å². The smallest absolute Gasteiger partial charge is 0.462 e. The van der Waals surface area contributed by atoms with Gasteiger partial charge in [0.2, 0.25) is 0 Å². The van der Waals surface area contributed by atoms with Crippen LogP contribution in [-0.4, -0.2) is 96.7 Å². The lowest BCUT2D eigenvalue weighted by molar-refractivity contribution is -0.161. The Balaban J connectivity index is 5.19. The summed E-state index contributed by atoms with van der Waals surface area (Å²) in [5, 5.41) is 10.6. The highest BCUT2D eigenvalue weighted by Gasteiger charge is 2.30. The van der Waals surface area contributed by atoms with Crippen LogP contribution in [0.15, 0.2) is 0 Å². The second kappa shape index (κ2) is 61.3. The average molecular weight is 1300 g/mol. The van der Waals surface area contributed by atoms with Crippen LogP contribution in [0.5, 0.6) is 0 Å². The van der Waals surface area contributed by atoms with Crippen molar-refractivity contribution in [2.24, 2.45) is 11.8 Å². The first-order valence-corrected chi connectivity index (χ1v) is 39.0. The molecule has 17 nitrogen and oxygen atoms in total. The van der Waals surface area contributed by atoms with Crippen molar-refractivity contribution in [3.8, 4) is 0 Å². The Morgan fingerprint density at radius 1 is 0.307 bits per heavy atom. The van der Waals surface area contributed by atoms with Crippen LogP contribution in [0.25, 0.3) is 0 Å². The van der Waals surface area contributed by atoms with E-state index < -0.39 is 97.5 Å². The zero-order valence-electron chi connectivity index (χ0n) is 57.0. The summed E-state index contributed by atoms with van der Waals surface area (Å²) >= 11 is 0. The Kier molecular flexibility index (Phi) is 59.9. The first-order chi connectivity index (χ1) is 42.4. The van der Waals surface area contributed by atoms with Crippen LogP contribution in [0.2, 0.25) is 0 Å². The molecule has 0 fully saturated rings. The summed E-state index contributed by atoms with van der Waals surface area (Å²) in [4.78, 5) is 72.3. The molecule has 5 atom stereocenters. The fraction of sp³-hybridized carbons (Fsp3) is 0.942. The minimum absolute atomic E-state index is 0.103. The maximum atomic E-state index is 13.0. The normalized spacial score (nSPS) is 14.2. The van der Waals surface area contributed by atoms with E-state index in [0.29, 0.717) is 31.6 Å². The van der Waals surface area contributed by atoms with E-state index in [1.807, 2.05) is 0 Å². The van der Waals surface area contributed by atoms with E-state index in [-0.39, 0.29) is 25.7 Å². The van der Waals surface area contributed by atoms with Crippen molar-refractivity contribution in [1.29, 1.82) is 0 Å². The van der Waals surface area contributed by atoms with Gasteiger partial charge in [0.25, 0.3) is 0 Å². The first-order valence-electron chi connectivity index (χ1n) is 36.0. The maximum Gasteiger partial charge on any atom is 0.472 e. The van der Waals surface area contributed by atoms with E-state index >= 15 is 0 Å². The summed E-state index contributed by atoms with van der Waals surface area (Å²) in [6.07, 6.45) is 46.0. The lowest BCUT2D eigenvalue weighted by Gasteiger charge is -2.21. The van der Waals surface area contributed by atoms with Crippen molar-refractivity contribution in [3.63, 3.8) is 0 Å². The summed E-state index contributed by atoms with van der Waals surface area (Å²) < 4.78 is 68.1. The molecule has 0 heterocycles. The molecule has 2 unspecified atom stereocenters. The van der Waals surface area contributed by atoms with E-state index in [1.165, 1.54) is 154 Å². The third-order valence-corrected chi connectivity index (χ3v) is 17.9. The Bertz CT molecular complexity index is 1720. The van der Waals surface area contributed by atoms with Crippen LogP contribution in [0.3, 0.4) is 0 Å². The van der Waals surface area contributed by atoms with Gasteiger partial charge in [0.15, 0.2) is 12.2 Å². The van der Waals surface area contributed by atoms with Gasteiger partial charge in [-0.2, -0.15) is 0 Å². The number of aliphatic hydroxyl groups is 1. The number of carbonyl (C=O) groups is 4. The quantitative estimate of drug-likeness (QED) is 0.0222. The number of carbonyl (C=O) groups excluding carboxylic acids is 4. The lowest BCUT2D eigenvalue weighted by atomic mass is 10.0. The molecule has 0 aliphatic rings. The minimum Gasteiger partial charge on any atom is -0.462 e. The van der Waals surface area contributed by atoms with Crippen LogP contribution < -0.4 is 0 Å². The molecule has 0 aromatic rings. The van der Waals surface area contributed by atoms with Gasteiger partial charge in [-0.1, -0.05) is 298 Å². The van der Waals surface area contributed by atoms with Gasteiger partial charge in [0, 0.05) is 25.7 Å². The van der Waals surface area contributed by atoms with Crippen LogP contribution in [-0.2, 0) is 65.4 Å². The van der Waals surface area contributed by atoms with E-state index in [2.05, 4.69) is 41.5 Å². The highest BCUT2D eigenvalue weighted by atomic mass is 31.2. The third-order valence-electron chi connectivity index (χ3n) is 16.0. The van der Waals surface area contributed by atoms with Gasteiger partial charge in [-0.05, 0) is 37.5 Å². The highest BCUT2D eigenvalue weighted by molar-refractivity contribution is 7.47. The molecule has 0 saturated carbocycles. The molecular weight excluding hydrogens is 1160 g/mol. The molecule has 88 heavy (non-hydrogen) atoms. The minimum atomic E-state index is -4.95. The molecule has 522 valence electrons. The van der Waals surface area contributed by atoms with Gasteiger partial charge < -0.3 is 33.8 Å². The number of aliphatic hydroxyl groups excluding tert-OH is 1. The van der Waals surface area contributed by atoms with Gasteiger partial charge in [-0.25, -0.2) is 9.13 Å². The number of esters is 4. The zero-order valence-corrected chi connectivity index (χ0v) is 58.8. The lowest BCUT2D eigenvalue weighted by Crippen LogP contribution is -2.30. The van der Waals surface area contributed by atoms with E-state index in [4.69, 9.17) is 37.0 Å². The molecule has 0 radical (unpaired) electrons. The Hall–Kier alpha value is -1.94.